The number of fused-ring (bicyclic) bond motifs is 1. The molecule has 3 heteroatoms. The van der Waals surface area contributed by atoms with Crippen molar-refractivity contribution in [2.45, 2.75) is 13.3 Å². The summed E-state index contributed by atoms with van der Waals surface area (Å²) in [7, 11) is 3.82. The largest absolute Gasteiger partial charge is 0.497 e. The number of methoxy groups -OCH3 is 1. The Bertz CT molecular complexity index is 1060. The van der Waals surface area contributed by atoms with Crippen LogP contribution in [0.5, 0.6) is 5.75 Å². The molecule has 0 bridgehead atoms. The Labute approximate surface area is 160 Å². The van der Waals surface area contributed by atoms with Gasteiger partial charge in [0.2, 0.25) is 0 Å². The van der Waals surface area contributed by atoms with Crippen LogP contribution < -0.4 is 10.1 Å². The molecule has 0 amide bonds. The second-order valence-electron chi connectivity index (χ2n) is 6.87. The molecule has 0 spiro atoms. The van der Waals surface area contributed by atoms with Gasteiger partial charge in [0.25, 0.3) is 0 Å². The van der Waals surface area contributed by atoms with E-state index in [1.165, 1.54) is 27.7 Å². The lowest BCUT2D eigenvalue weighted by atomic mass is 10.0. The third-order valence-electron chi connectivity index (χ3n) is 5.24. The third-order valence-corrected chi connectivity index (χ3v) is 5.24. The summed E-state index contributed by atoms with van der Waals surface area (Å²) in [4.78, 5) is 0. The minimum atomic E-state index is 0.862. The number of aryl methyl sites for hydroxylation is 1. The molecular weight excluding hydrogens is 332 g/mol. The maximum atomic E-state index is 5.20. The number of ether oxygens (including phenoxy) is 1. The van der Waals surface area contributed by atoms with Crippen LogP contribution in [0.4, 0.5) is 11.4 Å². The molecule has 0 fully saturated rings. The number of hydrogen-bond donors (Lipinski definition) is 1. The normalized spacial score (nSPS) is 10.9. The molecule has 27 heavy (non-hydrogen) atoms. The van der Waals surface area contributed by atoms with Crippen molar-refractivity contribution >= 4 is 22.3 Å². The topological polar surface area (TPSA) is 26.2 Å². The predicted octanol–water partition coefficient (Wildman–Crippen LogP) is 5.83. The van der Waals surface area contributed by atoms with Crippen LogP contribution in [-0.4, -0.2) is 11.7 Å². The fourth-order valence-electron chi connectivity index (χ4n) is 3.57. The van der Waals surface area contributed by atoms with Crippen LogP contribution in [0.2, 0.25) is 0 Å². The highest BCUT2D eigenvalue weighted by Crippen LogP contribution is 2.28. The lowest BCUT2D eigenvalue weighted by molar-refractivity contribution is 0.415. The molecule has 3 aromatic carbocycles. The molecule has 0 unspecified atom stereocenters. The van der Waals surface area contributed by atoms with E-state index in [0.29, 0.717) is 0 Å². The van der Waals surface area contributed by atoms with E-state index in [9.17, 15) is 0 Å². The zero-order valence-corrected chi connectivity index (χ0v) is 16.0. The SMILES string of the molecule is COc1ccc(Nc2ccc(Cc3c(C)n(C)c4ccccc34)cc2)cc1. The summed E-state index contributed by atoms with van der Waals surface area (Å²) in [6.45, 7) is 2.20. The second-order valence-corrected chi connectivity index (χ2v) is 6.87. The summed E-state index contributed by atoms with van der Waals surface area (Å²) in [6, 6.07) is 25.3. The molecule has 0 saturated heterocycles. The van der Waals surface area contributed by atoms with Crippen molar-refractivity contribution < 1.29 is 4.74 Å². The van der Waals surface area contributed by atoms with Gasteiger partial charge in [0.15, 0.2) is 0 Å². The smallest absolute Gasteiger partial charge is 0.119 e. The van der Waals surface area contributed by atoms with Crippen LogP contribution >= 0.6 is 0 Å². The lowest BCUT2D eigenvalue weighted by Crippen LogP contribution is -1.95. The quantitative estimate of drug-likeness (QED) is 0.487. The standard InChI is InChI=1S/C24H24N2O/c1-17-23(22-6-4-5-7-24(22)26(17)2)16-18-8-10-19(11-9-18)25-20-12-14-21(27-3)15-13-20/h4-15,25H,16H2,1-3H3. The molecule has 0 saturated carbocycles. The summed E-state index contributed by atoms with van der Waals surface area (Å²) < 4.78 is 7.49. The van der Waals surface area contributed by atoms with Crippen LogP contribution in [0.1, 0.15) is 16.8 Å². The average molecular weight is 356 g/mol. The highest BCUT2D eigenvalue weighted by Gasteiger charge is 2.11. The van der Waals surface area contributed by atoms with Gasteiger partial charge in [-0.15, -0.1) is 0 Å². The minimum Gasteiger partial charge on any atom is -0.497 e. The van der Waals surface area contributed by atoms with E-state index in [-0.39, 0.29) is 0 Å². The molecule has 0 aliphatic carbocycles. The number of rotatable bonds is 5. The van der Waals surface area contributed by atoms with Crippen molar-refractivity contribution in [1.82, 2.24) is 4.57 Å². The van der Waals surface area contributed by atoms with Crippen LogP contribution in [0.3, 0.4) is 0 Å². The van der Waals surface area contributed by atoms with Gasteiger partial charge in [-0.1, -0.05) is 30.3 Å². The first-order chi connectivity index (χ1) is 13.2. The molecule has 1 N–H and O–H groups in total. The van der Waals surface area contributed by atoms with Crippen molar-refractivity contribution in [1.29, 1.82) is 0 Å². The second kappa shape index (κ2) is 7.20. The van der Waals surface area contributed by atoms with Gasteiger partial charge < -0.3 is 14.6 Å². The first-order valence-electron chi connectivity index (χ1n) is 9.18. The number of para-hydroxylation sites is 1. The Balaban J connectivity index is 1.54. The fourth-order valence-corrected chi connectivity index (χ4v) is 3.57. The minimum absolute atomic E-state index is 0.862. The van der Waals surface area contributed by atoms with Gasteiger partial charge in [0.1, 0.15) is 5.75 Å². The van der Waals surface area contributed by atoms with Crippen molar-refractivity contribution in [3.63, 3.8) is 0 Å². The van der Waals surface area contributed by atoms with E-state index in [0.717, 1.165) is 23.5 Å². The zero-order chi connectivity index (χ0) is 18.8. The maximum Gasteiger partial charge on any atom is 0.119 e. The Hall–Kier alpha value is -3.20. The van der Waals surface area contributed by atoms with E-state index < -0.39 is 0 Å². The monoisotopic (exact) mass is 356 g/mol. The van der Waals surface area contributed by atoms with E-state index in [1.54, 1.807) is 7.11 Å². The molecular formula is C24H24N2O. The van der Waals surface area contributed by atoms with E-state index in [1.807, 2.05) is 24.3 Å². The van der Waals surface area contributed by atoms with Crippen LogP contribution in [0.25, 0.3) is 10.9 Å². The summed E-state index contributed by atoms with van der Waals surface area (Å²) in [5.74, 6) is 0.862. The molecule has 3 nitrogen and oxygen atoms in total. The van der Waals surface area contributed by atoms with Crippen molar-refractivity contribution in [3.05, 3.63) is 89.6 Å². The number of nitrogens with zero attached hydrogens (tertiary/aromatic N) is 1. The molecule has 0 aliphatic rings. The van der Waals surface area contributed by atoms with Crippen LogP contribution in [0.15, 0.2) is 72.8 Å². The predicted molar refractivity (Wildman–Crippen MR) is 113 cm³/mol. The number of anilines is 2. The summed E-state index contributed by atoms with van der Waals surface area (Å²) in [6.07, 6.45) is 0.940. The Morgan fingerprint density at radius 1 is 0.852 bits per heavy atom. The molecule has 0 radical (unpaired) electrons. The highest BCUT2D eigenvalue weighted by atomic mass is 16.5. The zero-order valence-electron chi connectivity index (χ0n) is 16.0. The number of aromatic nitrogens is 1. The van der Waals surface area contributed by atoms with Crippen molar-refractivity contribution in [2.75, 3.05) is 12.4 Å². The van der Waals surface area contributed by atoms with E-state index >= 15 is 0 Å². The van der Waals surface area contributed by atoms with Crippen LogP contribution in [0, 0.1) is 6.92 Å². The van der Waals surface area contributed by atoms with Gasteiger partial charge in [0.05, 0.1) is 7.11 Å². The molecule has 0 aliphatic heterocycles. The van der Waals surface area contributed by atoms with Gasteiger partial charge in [-0.25, -0.2) is 0 Å². The molecule has 4 aromatic rings. The Kier molecular flexibility index (Phi) is 4.59. The Morgan fingerprint density at radius 3 is 2.15 bits per heavy atom. The van der Waals surface area contributed by atoms with Gasteiger partial charge in [-0.2, -0.15) is 0 Å². The van der Waals surface area contributed by atoms with Crippen molar-refractivity contribution in [2.24, 2.45) is 7.05 Å². The lowest BCUT2D eigenvalue weighted by Gasteiger charge is -2.09. The number of benzene rings is 3. The molecule has 136 valence electrons. The first kappa shape index (κ1) is 17.2. The first-order valence-corrected chi connectivity index (χ1v) is 9.18. The molecule has 0 atom stereocenters. The van der Waals surface area contributed by atoms with Gasteiger partial charge >= 0.3 is 0 Å². The fraction of sp³-hybridized carbons (Fsp3) is 0.167. The summed E-state index contributed by atoms with van der Waals surface area (Å²) in [5, 5.41) is 4.78. The van der Waals surface area contributed by atoms with Gasteiger partial charge in [-0.3, -0.25) is 0 Å². The molecule has 1 heterocycles. The third kappa shape index (κ3) is 3.41. The Morgan fingerprint density at radius 2 is 1.48 bits per heavy atom. The summed E-state index contributed by atoms with van der Waals surface area (Å²) in [5.41, 5.74) is 7.48. The van der Waals surface area contributed by atoms with Gasteiger partial charge in [0, 0.05) is 35.0 Å². The summed E-state index contributed by atoms with van der Waals surface area (Å²) >= 11 is 0. The number of hydrogen-bond acceptors (Lipinski definition) is 2. The molecule has 4 rings (SSSR count). The van der Waals surface area contributed by atoms with E-state index in [4.69, 9.17) is 4.74 Å². The maximum absolute atomic E-state index is 5.20. The highest BCUT2D eigenvalue weighted by molar-refractivity contribution is 5.85. The number of nitrogens with one attached hydrogen (secondary N) is 1. The van der Waals surface area contributed by atoms with E-state index in [2.05, 4.69) is 72.4 Å². The molecule has 1 aromatic heterocycles. The average Bonchev–Trinajstić information content (AvgIpc) is 2.95. The van der Waals surface area contributed by atoms with Crippen molar-refractivity contribution in [3.8, 4) is 5.75 Å². The van der Waals surface area contributed by atoms with Gasteiger partial charge in [-0.05, 0) is 66.9 Å². The van der Waals surface area contributed by atoms with Crippen LogP contribution in [-0.2, 0) is 13.5 Å².